The van der Waals surface area contributed by atoms with E-state index in [-0.39, 0.29) is 0 Å². The third-order valence-electron chi connectivity index (χ3n) is 4.82. The molecule has 1 aliphatic rings. The first kappa shape index (κ1) is 18.0. The van der Waals surface area contributed by atoms with Crippen LogP contribution in [0.25, 0.3) is 0 Å². The molecule has 120 valence electrons. The molecule has 1 heterocycles. The van der Waals surface area contributed by atoms with Gasteiger partial charge in [0.2, 0.25) is 5.91 Å². The third-order valence-corrected chi connectivity index (χ3v) is 4.82. The summed E-state index contributed by atoms with van der Waals surface area (Å²) in [6.07, 6.45) is 13.4. The zero-order chi connectivity index (χ0) is 15.7. The van der Waals surface area contributed by atoms with E-state index in [1.165, 1.54) is 19.3 Å². The number of unbranched alkanes of at least 4 members (excludes halogenated alkanes) is 1. The van der Waals surface area contributed by atoms with E-state index in [0.717, 1.165) is 38.0 Å². The molecular weight excluding hydrogens is 258 g/mol. The molecular formula is C19H33NO. The van der Waals surface area contributed by atoms with Gasteiger partial charge in [-0.05, 0) is 38.0 Å². The van der Waals surface area contributed by atoms with Crippen molar-refractivity contribution in [2.75, 3.05) is 0 Å². The summed E-state index contributed by atoms with van der Waals surface area (Å²) in [4.78, 5) is 14.7. The summed E-state index contributed by atoms with van der Waals surface area (Å²) in [5.74, 6) is 1.13. The smallest absolute Gasteiger partial charge is 0.223 e. The molecule has 2 nitrogen and oxygen atoms in total. The Labute approximate surface area is 131 Å². The average molecular weight is 291 g/mol. The predicted octanol–water partition coefficient (Wildman–Crippen LogP) is 5.10. The highest BCUT2D eigenvalue weighted by atomic mass is 16.2. The van der Waals surface area contributed by atoms with Gasteiger partial charge in [-0.15, -0.1) is 13.2 Å². The van der Waals surface area contributed by atoms with E-state index in [0.29, 0.717) is 24.4 Å². The molecule has 0 N–H and O–H groups in total. The number of carbonyl (C=O) groups is 1. The van der Waals surface area contributed by atoms with Gasteiger partial charge in [0.25, 0.3) is 0 Å². The van der Waals surface area contributed by atoms with Crippen molar-refractivity contribution in [1.29, 1.82) is 0 Å². The third kappa shape index (κ3) is 5.68. The van der Waals surface area contributed by atoms with Gasteiger partial charge in [-0.25, -0.2) is 0 Å². The first-order valence-electron chi connectivity index (χ1n) is 8.66. The van der Waals surface area contributed by atoms with Crippen LogP contribution in [0.1, 0.15) is 71.6 Å². The topological polar surface area (TPSA) is 20.3 Å². The summed E-state index contributed by atoms with van der Waals surface area (Å²) >= 11 is 0. The van der Waals surface area contributed by atoms with E-state index in [1.54, 1.807) is 0 Å². The largest absolute Gasteiger partial charge is 0.336 e. The fourth-order valence-electron chi connectivity index (χ4n) is 3.32. The van der Waals surface area contributed by atoms with Crippen molar-refractivity contribution < 1.29 is 4.79 Å². The SMILES string of the molecule is C=CCC1CCC(CC=C)N1C(=O)CCCCC(C)CC. The van der Waals surface area contributed by atoms with Crippen LogP contribution in [-0.2, 0) is 4.79 Å². The fraction of sp³-hybridized carbons (Fsp3) is 0.737. The molecule has 3 atom stereocenters. The highest BCUT2D eigenvalue weighted by Crippen LogP contribution is 2.30. The molecule has 0 radical (unpaired) electrons. The molecule has 0 bridgehead atoms. The maximum Gasteiger partial charge on any atom is 0.223 e. The molecule has 0 aliphatic carbocycles. The lowest BCUT2D eigenvalue weighted by molar-refractivity contribution is -0.134. The van der Waals surface area contributed by atoms with Gasteiger partial charge >= 0.3 is 0 Å². The van der Waals surface area contributed by atoms with Crippen molar-refractivity contribution >= 4 is 5.91 Å². The van der Waals surface area contributed by atoms with Crippen molar-refractivity contribution in [3.8, 4) is 0 Å². The molecule has 1 rings (SSSR count). The molecule has 2 heteroatoms. The number of rotatable bonds is 10. The van der Waals surface area contributed by atoms with Gasteiger partial charge in [0.05, 0.1) is 0 Å². The first-order valence-corrected chi connectivity index (χ1v) is 8.66. The van der Waals surface area contributed by atoms with Crippen LogP contribution in [0, 0.1) is 5.92 Å². The van der Waals surface area contributed by atoms with Gasteiger partial charge < -0.3 is 4.90 Å². The Hall–Kier alpha value is -1.05. The molecule has 1 saturated heterocycles. The second kappa shape index (κ2) is 9.81. The molecule has 0 aromatic carbocycles. The Bertz CT molecular complexity index is 318. The first-order chi connectivity index (χ1) is 10.1. The molecule has 21 heavy (non-hydrogen) atoms. The number of hydrogen-bond donors (Lipinski definition) is 0. The molecule has 1 fully saturated rings. The lowest BCUT2D eigenvalue weighted by Crippen LogP contribution is -2.40. The number of carbonyl (C=O) groups excluding carboxylic acids is 1. The Morgan fingerprint density at radius 1 is 1.19 bits per heavy atom. The minimum absolute atomic E-state index is 0.343. The van der Waals surface area contributed by atoms with Crippen LogP contribution in [0.3, 0.4) is 0 Å². The zero-order valence-electron chi connectivity index (χ0n) is 14.0. The second-order valence-electron chi connectivity index (χ2n) is 6.49. The molecule has 0 aromatic heterocycles. The Morgan fingerprint density at radius 3 is 2.24 bits per heavy atom. The number of amides is 1. The summed E-state index contributed by atoms with van der Waals surface area (Å²) in [6, 6.07) is 0.740. The maximum absolute atomic E-state index is 12.6. The standard InChI is InChI=1S/C19H33NO/c1-5-10-17-14-15-18(11-6-2)20(17)19(21)13-9-8-12-16(4)7-3/h5-6,16-18H,1-2,7-15H2,3-4H3. The van der Waals surface area contributed by atoms with Crippen LogP contribution in [0.5, 0.6) is 0 Å². The van der Waals surface area contributed by atoms with Gasteiger partial charge in [-0.3, -0.25) is 4.79 Å². The van der Waals surface area contributed by atoms with E-state index < -0.39 is 0 Å². The quantitative estimate of drug-likeness (QED) is 0.405. The van der Waals surface area contributed by atoms with Crippen LogP contribution >= 0.6 is 0 Å². The van der Waals surface area contributed by atoms with E-state index in [1.807, 2.05) is 12.2 Å². The summed E-state index contributed by atoms with van der Waals surface area (Å²) in [5, 5.41) is 0. The van der Waals surface area contributed by atoms with E-state index >= 15 is 0 Å². The van der Waals surface area contributed by atoms with E-state index in [4.69, 9.17) is 0 Å². The van der Waals surface area contributed by atoms with Gasteiger partial charge in [-0.2, -0.15) is 0 Å². The second-order valence-corrected chi connectivity index (χ2v) is 6.49. The number of nitrogens with zero attached hydrogens (tertiary/aromatic N) is 1. The summed E-state index contributed by atoms with van der Waals surface area (Å²) < 4.78 is 0. The molecule has 0 spiro atoms. The lowest BCUT2D eigenvalue weighted by Gasteiger charge is -2.30. The van der Waals surface area contributed by atoms with Gasteiger partial charge in [0.1, 0.15) is 0 Å². The van der Waals surface area contributed by atoms with Crippen molar-refractivity contribution in [3.05, 3.63) is 25.3 Å². The summed E-state index contributed by atoms with van der Waals surface area (Å²) in [5.41, 5.74) is 0. The van der Waals surface area contributed by atoms with Gasteiger partial charge in [0.15, 0.2) is 0 Å². The predicted molar refractivity (Wildman–Crippen MR) is 91.2 cm³/mol. The molecule has 0 aromatic rings. The average Bonchev–Trinajstić information content (AvgIpc) is 2.86. The normalized spacial score (nSPS) is 23.0. The van der Waals surface area contributed by atoms with Crippen molar-refractivity contribution in [2.24, 2.45) is 5.92 Å². The monoisotopic (exact) mass is 291 g/mol. The minimum Gasteiger partial charge on any atom is -0.336 e. The molecule has 1 amide bonds. The maximum atomic E-state index is 12.6. The fourth-order valence-corrected chi connectivity index (χ4v) is 3.32. The minimum atomic E-state index is 0.343. The Balaban J connectivity index is 2.46. The van der Waals surface area contributed by atoms with Crippen molar-refractivity contribution in [3.63, 3.8) is 0 Å². The Kier molecular flexibility index (Phi) is 8.41. The van der Waals surface area contributed by atoms with Crippen LogP contribution in [0.4, 0.5) is 0 Å². The number of likely N-dealkylation sites (tertiary alicyclic amines) is 1. The zero-order valence-corrected chi connectivity index (χ0v) is 14.0. The highest BCUT2D eigenvalue weighted by Gasteiger charge is 2.34. The molecule has 3 unspecified atom stereocenters. The van der Waals surface area contributed by atoms with Crippen LogP contribution in [-0.4, -0.2) is 22.9 Å². The highest BCUT2D eigenvalue weighted by molar-refractivity contribution is 5.77. The van der Waals surface area contributed by atoms with Crippen molar-refractivity contribution in [1.82, 2.24) is 4.90 Å². The summed E-state index contributed by atoms with van der Waals surface area (Å²) in [7, 11) is 0. The molecule has 1 aliphatic heterocycles. The van der Waals surface area contributed by atoms with Gasteiger partial charge in [-0.1, -0.05) is 45.3 Å². The summed E-state index contributed by atoms with van der Waals surface area (Å²) in [6.45, 7) is 12.2. The lowest BCUT2D eigenvalue weighted by atomic mass is 10.0. The van der Waals surface area contributed by atoms with E-state index in [9.17, 15) is 4.79 Å². The van der Waals surface area contributed by atoms with Crippen LogP contribution in [0.15, 0.2) is 25.3 Å². The molecule has 0 saturated carbocycles. The van der Waals surface area contributed by atoms with Gasteiger partial charge in [0, 0.05) is 18.5 Å². The Morgan fingerprint density at radius 2 is 1.76 bits per heavy atom. The van der Waals surface area contributed by atoms with Crippen LogP contribution in [0.2, 0.25) is 0 Å². The van der Waals surface area contributed by atoms with Crippen molar-refractivity contribution in [2.45, 2.75) is 83.7 Å². The number of hydrogen-bond acceptors (Lipinski definition) is 1. The van der Waals surface area contributed by atoms with E-state index in [2.05, 4.69) is 31.9 Å². The van der Waals surface area contributed by atoms with Crippen LogP contribution < -0.4 is 0 Å².